The summed E-state index contributed by atoms with van der Waals surface area (Å²) >= 11 is 0. The molecule has 0 bridgehead atoms. The second-order valence-corrected chi connectivity index (χ2v) is 17.6. The van der Waals surface area contributed by atoms with E-state index in [0.29, 0.717) is 19.3 Å². The predicted molar refractivity (Wildman–Crippen MR) is 250 cm³/mol. The summed E-state index contributed by atoms with van der Waals surface area (Å²) in [6.07, 6.45) is 52.3. The van der Waals surface area contributed by atoms with Gasteiger partial charge in [0.25, 0.3) is 0 Å². The highest BCUT2D eigenvalue weighted by Gasteiger charge is 2.24. The van der Waals surface area contributed by atoms with Gasteiger partial charge in [0.2, 0.25) is 5.91 Å². The van der Waals surface area contributed by atoms with Crippen molar-refractivity contribution in [3.05, 3.63) is 24.3 Å². The minimum atomic E-state index is -0.788. The molecule has 0 spiro atoms. The number of nitrogens with one attached hydrogen (secondary N) is 1. The Hall–Kier alpha value is -1.66. The van der Waals surface area contributed by atoms with Crippen molar-refractivity contribution >= 4 is 11.9 Å². The van der Waals surface area contributed by atoms with Crippen LogP contribution in [0.1, 0.15) is 271 Å². The molecular formula is C52H99NO5. The average Bonchev–Trinajstić information content (AvgIpc) is 3.22. The maximum Gasteiger partial charge on any atom is 0.306 e. The van der Waals surface area contributed by atoms with Crippen LogP contribution in [0.5, 0.6) is 0 Å². The molecule has 6 heteroatoms. The lowest BCUT2D eigenvalue weighted by Gasteiger charge is -2.24. The first-order chi connectivity index (χ1) is 28.5. The van der Waals surface area contributed by atoms with Crippen LogP contribution >= 0.6 is 0 Å². The van der Waals surface area contributed by atoms with Crippen molar-refractivity contribution in [3.8, 4) is 0 Å². The Morgan fingerprint density at radius 3 is 1.24 bits per heavy atom. The molecule has 0 radical (unpaired) electrons. The maximum atomic E-state index is 13.2. The first kappa shape index (κ1) is 56.3. The van der Waals surface area contributed by atoms with Gasteiger partial charge in [0.15, 0.2) is 0 Å². The molecule has 0 heterocycles. The Labute approximate surface area is 361 Å². The monoisotopic (exact) mass is 818 g/mol. The molecule has 0 aromatic rings. The SMILES string of the molecule is CCCCCC/C=C\CCCCCCCC(CC(=O)NC(CO)C(O)CCCCCCCCCCCCCC)OC(=O)CCCCC/C=C\CCCCCCCCC. The third kappa shape index (κ3) is 41.1. The van der Waals surface area contributed by atoms with E-state index in [-0.39, 0.29) is 24.9 Å². The van der Waals surface area contributed by atoms with Gasteiger partial charge in [0.1, 0.15) is 6.10 Å². The summed E-state index contributed by atoms with van der Waals surface area (Å²) in [5.74, 6) is -0.491. The minimum Gasteiger partial charge on any atom is -0.462 e. The van der Waals surface area contributed by atoms with E-state index >= 15 is 0 Å². The van der Waals surface area contributed by atoms with E-state index in [1.165, 1.54) is 161 Å². The van der Waals surface area contributed by atoms with E-state index in [4.69, 9.17) is 4.74 Å². The van der Waals surface area contributed by atoms with Crippen LogP contribution in [0, 0.1) is 0 Å². The van der Waals surface area contributed by atoms with Crippen LogP contribution in [0.3, 0.4) is 0 Å². The maximum absolute atomic E-state index is 13.2. The van der Waals surface area contributed by atoms with E-state index in [0.717, 1.165) is 64.2 Å². The summed E-state index contributed by atoms with van der Waals surface area (Å²) in [6, 6.07) is -0.702. The van der Waals surface area contributed by atoms with Crippen molar-refractivity contribution in [1.29, 1.82) is 0 Å². The molecular weight excluding hydrogens is 719 g/mol. The zero-order valence-corrected chi connectivity index (χ0v) is 38.9. The summed E-state index contributed by atoms with van der Waals surface area (Å²) in [7, 11) is 0. The van der Waals surface area contributed by atoms with Gasteiger partial charge in [-0.1, -0.05) is 206 Å². The number of carbonyl (C=O) groups is 2. The van der Waals surface area contributed by atoms with Crippen LogP contribution in [0.25, 0.3) is 0 Å². The zero-order chi connectivity index (χ0) is 42.4. The summed E-state index contributed by atoms with van der Waals surface area (Å²) in [5, 5.41) is 23.7. The molecule has 0 fully saturated rings. The Morgan fingerprint density at radius 2 is 0.828 bits per heavy atom. The van der Waals surface area contributed by atoms with E-state index in [9.17, 15) is 19.8 Å². The largest absolute Gasteiger partial charge is 0.462 e. The van der Waals surface area contributed by atoms with Gasteiger partial charge in [0.05, 0.1) is 25.2 Å². The van der Waals surface area contributed by atoms with Crippen molar-refractivity contribution in [2.24, 2.45) is 0 Å². The number of aliphatic hydroxyl groups is 2. The Balaban J connectivity index is 4.59. The molecule has 0 rings (SSSR count). The van der Waals surface area contributed by atoms with Crippen LogP contribution in [0.4, 0.5) is 0 Å². The van der Waals surface area contributed by atoms with Crippen molar-refractivity contribution < 1.29 is 24.5 Å². The van der Waals surface area contributed by atoms with Crippen molar-refractivity contribution in [2.45, 2.75) is 289 Å². The molecule has 3 atom stereocenters. The van der Waals surface area contributed by atoms with Crippen LogP contribution in [0.2, 0.25) is 0 Å². The highest BCUT2D eigenvalue weighted by Crippen LogP contribution is 2.18. The predicted octanol–water partition coefficient (Wildman–Crippen LogP) is 15.1. The number of carbonyl (C=O) groups excluding carboxylic acids is 2. The molecule has 0 aliphatic heterocycles. The molecule has 6 nitrogen and oxygen atoms in total. The van der Waals surface area contributed by atoms with Gasteiger partial charge in [-0.05, 0) is 77.0 Å². The molecule has 0 aromatic heterocycles. The Kier molecular flexibility index (Phi) is 45.1. The number of esters is 1. The third-order valence-electron chi connectivity index (χ3n) is 11.8. The van der Waals surface area contributed by atoms with Crippen LogP contribution in [-0.4, -0.2) is 46.9 Å². The van der Waals surface area contributed by atoms with Crippen molar-refractivity contribution in [2.75, 3.05) is 6.61 Å². The van der Waals surface area contributed by atoms with Crippen LogP contribution in [-0.2, 0) is 14.3 Å². The molecule has 0 aliphatic carbocycles. The summed E-state index contributed by atoms with van der Waals surface area (Å²) in [6.45, 7) is 6.47. The number of allylic oxidation sites excluding steroid dienone is 4. The van der Waals surface area contributed by atoms with Gasteiger partial charge in [-0.3, -0.25) is 9.59 Å². The molecule has 0 saturated carbocycles. The number of amides is 1. The topological polar surface area (TPSA) is 95.9 Å². The Morgan fingerprint density at radius 1 is 0.483 bits per heavy atom. The number of rotatable bonds is 46. The average molecular weight is 818 g/mol. The normalized spacial score (nSPS) is 13.4. The molecule has 0 aromatic carbocycles. The highest BCUT2D eigenvalue weighted by molar-refractivity contribution is 5.77. The smallest absolute Gasteiger partial charge is 0.306 e. The van der Waals surface area contributed by atoms with E-state index in [1.54, 1.807) is 0 Å². The lowest BCUT2D eigenvalue weighted by atomic mass is 10.0. The lowest BCUT2D eigenvalue weighted by Crippen LogP contribution is -2.46. The second-order valence-electron chi connectivity index (χ2n) is 17.6. The standard InChI is InChI=1S/C52H99NO5/c1-4-7-10-13-16-19-22-25-27-30-33-36-39-42-45-52(57)58-48(43-40-37-34-31-28-26-23-20-17-14-11-8-5-2)46-51(56)53-49(47-54)50(55)44-41-38-35-32-29-24-21-18-15-12-9-6-3/h20,23,27,30,48-50,54-55H,4-19,21-22,24-26,28-29,31-47H2,1-3H3,(H,53,56)/b23-20-,30-27-. The second kappa shape index (κ2) is 46.4. The number of aliphatic hydroxyl groups excluding tert-OH is 2. The number of ether oxygens (including phenoxy) is 1. The molecule has 0 aliphatic rings. The highest BCUT2D eigenvalue weighted by atomic mass is 16.5. The lowest BCUT2D eigenvalue weighted by molar-refractivity contribution is -0.151. The van der Waals surface area contributed by atoms with E-state index in [1.807, 2.05) is 0 Å². The fourth-order valence-corrected chi connectivity index (χ4v) is 7.83. The number of hydrogen-bond donors (Lipinski definition) is 3. The Bertz CT molecular complexity index is 919. The fraction of sp³-hybridized carbons (Fsp3) is 0.885. The molecule has 3 N–H and O–H groups in total. The van der Waals surface area contributed by atoms with Gasteiger partial charge in [-0.25, -0.2) is 0 Å². The molecule has 58 heavy (non-hydrogen) atoms. The summed E-state index contributed by atoms with van der Waals surface area (Å²) in [4.78, 5) is 26.1. The van der Waals surface area contributed by atoms with E-state index in [2.05, 4.69) is 50.4 Å². The van der Waals surface area contributed by atoms with Gasteiger partial charge in [-0.2, -0.15) is 0 Å². The van der Waals surface area contributed by atoms with Crippen molar-refractivity contribution in [1.82, 2.24) is 5.32 Å². The van der Waals surface area contributed by atoms with Crippen molar-refractivity contribution in [3.63, 3.8) is 0 Å². The van der Waals surface area contributed by atoms with Crippen LogP contribution < -0.4 is 5.32 Å². The quantitative estimate of drug-likeness (QED) is 0.0323. The summed E-state index contributed by atoms with van der Waals surface area (Å²) in [5.41, 5.74) is 0. The first-order valence-corrected chi connectivity index (χ1v) is 25.6. The molecule has 3 unspecified atom stereocenters. The summed E-state index contributed by atoms with van der Waals surface area (Å²) < 4.78 is 5.92. The molecule has 1 amide bonds. The van der Waals surface area contributed by atoms with E-state index < -0.39 is 18.2 Å². The first-order valence-electron chi connectivity index (χ1n) is 25.6. The van der Waals surface area contributed by atoms with Gasteiger partial charge in [0, 0.05) is 6.42 Å². The van der Waals surface area contributed by atoms with Gasteiger partial charge < -0.3 is 20.3 Å². The number of unbranched alkanes of at least 4 members (excludes halogenated alkanes) is 30. The zero-order valence-electron chi connectivity index (χ0n) is 38.9. The van der Waals surface area contributed by atoms with Gasteiger partial charge >= 0.3 is 5.97 Å². The number of hydrogen-bond acceptors (Lipinski definition) is 5. The molecule has 0 saturated heterocycles. The minimum absolute atomic E-state index is 0.0696. The molecule has 342 valence electrons. The van der Waals surface area contributed by atoms with Crippen LogP contribution in [0.15, 0.2) is 24.3 Å². The third-order valence-corrected chi connectivity index (χ3v) is 11.8. The fourth-order valence-electron chi connectivity index (χ4n) is 7.83. The van der Waals surface area contributed by atoms with Gasteiger partial charge in [-0.15, -0.1) is 0 Å².